The highest BCUT2D eigenvalue weighted by atomic mass is 35.5. The van der Waals surface area contributed by atoms with Crippen LogP contribution in [0.4, 0.5) is 11.4 Å². The van der Waals surface area contributed by atoms with Crippen LogP contribution in [0.25, 0.3) is 5.69 Å². The maximum atomic E-state index is 12.6. The van der Waals surface area contributed by atoms with Crippen molar-refractivity contribution in [1.29, 1.82) is 0 Å². The first-order valence-electron chi connectivity index (χ1n) is 16.1. The van der Waals surface area contributed by atoms with Gasteiger partial charge in [0.25, 0.3) is 0 Å². The molecule has 7 rings (SSSR count). The van der Waals surface area contributed by atoms with Gasteiger partial charge in [-0.1, -0.05) is 36.2 Å². The summed E-state index contributed by atoms with van der Waals surface area (Å²) in [6.45, 7) is 7.27. The maximum Gasteiger partial charge on any atom is 0.350 e. The number of nitrogens with zero attached hydrogens (tertiary/aromatic N) is 7. The van der Waals surface area contributed by atoms with Crippen molar-refractivity contribution in [1.82, 2.24) is 23.9 Å². The molecular weight excluding hydrogens is 653 g/mol. The number of rotatable bonds is 11. The Morgan fingerprint density at radius 1 is 0.917 bits per heavy atom. The molecule has 0 amide bonds. The molecule has 2 aromatic heterocycles. The Morgan fingerprint density at radius 2 is 1.60 bits per heavy atom. The van der Waals surface area contributed by atoms with Crippen LogP contribution in [0.1, 0.15) is 18.9 Å². The summed E-state index contributed by atoms with van der Waals surface area (Å²) in [5.41, 5.74) is 3.70. The summed E-state index contributed by atoms with van der Waals surface area (Å²) >= 11 is 12.8. The Labute approximate surface area is 288 Å². The predicted molar refractivity (Wildman–Crippen MR) is 186 cm³/mol. The number of aromatic nitrogens is 5. The molecule has 0 spiro atoms. The number of hydrogen-bond acceptors (Lipinski definition) is 8. The minimum atomic E-state index is -1.09. The van der Waals surface area contributed by atoms with Crippen LogP contribution in [0.5, 0.6) is 5.75 Å². The number of ether oxygens (including phenoxy) is 3. The second-order valence-electron chi connectivity index (χ2n) is 12.0. The molecule has 3 aromatic carbocycles. The van der Waals surface area contributed by atoms with Crippen LogP contribution in [0.15, 0.2) is 96.6 Å². The minimum Gasteiger partial charge on any atom is -0.491 e. The van der Waals surface area contributed by atoms with Gasteiger partial charge in [0, 0.05) is 67.1 Å². The van der Waals surface area contributed by atoms with Gasteiger partial charge in [-0.2, -0.15) is 5.10 Å². The lowest BCUT2D eigenvalue weighted by molar-refractivity contribution is -0.189. The SMILES string of the molecule is CCCn1ncn(-c2ccc(N3CCN(c4ccc(OC[C@@H]5CO[C@@](Cn6ccnc6)(c6ccc(Cl)cc6Cl)O5)cc4)CC3)cc2)c1=O. The molecule has 2 aliphatic rings. The minimum absolute atomic E-state index is 0.112. The lowest BCUT2D eigenvalue weighted by atomic mass is 10.1. The molecule has 2 aliphatic heterocycles. The largest absolute Gasteiger partial charge is 0.491 e. The maximum absolute atomic E-state index is 12.6. The van der Waals surface area contributed by atoms with Crippen molar-refractivity contribution in [2.45, 2.75) is 38.3 Å². The summed E-state index contributed by atoms with van der Waals surface area (Å²) in [6.07, 6.45) is 7.44. The monoisotopic (exact) mass is 689 g/mol. The smallest absolute Gasteiger partial charge is 0.350 e. The third kappa shape index (κ3) is 6.82. The molecule has 0 bridgehead atoms. The normalized spacial score (nSPS) is 19.6. The van der Waals surface area contributed by atoms with Crippen molar-refractivity contribution >= 4 is 34.6 Å². The molecule has 4 heterocycles. The average molecular weight is 691 g/mol. The first-order valence-corrected chi connectivity index (χ1v) is 16.9. The van der Waals surface area contributed by atoms with Crippen LogP contribution >= 0.6 is 23.2 Å². The van der Waals surface area contributed by atoms with Crippen molar-refractivity contribution in [2.24, 2.45) is 0 Å². The van der Waals surface area contributed by atoms with Gasteiger partial charge >= 0.3 is 5.69 Å². The number of piperazine rings is 1. The lowest BCUT2D eigenvalue weighted by Crippen LogP contribution is -2.46. The van der Waals surface area contributed by atoms with Gasteiger partial charge in [0.05, 0.1) is 30.2 Å². The Morgan fingerprint density at radius 3 is 2.25 bits per heavy atom. The predicted octanol–water partition coefficient (Wildman–Crippen LogP) is 5.62. The summed E-state index contributed by atoms with van der Waals surface area (Å²) < 4.78 is 23.9. The number of halogens is 2. The fraction of sp³-hybridized carbons (Fsp3) is 0.343. The van der Waals surface area contributed by atoms with Gasteiger partial charge in [0.1, 0.15) is 24.8 Å². The third-order valence-electron chi connectivity index (χ3n) is 8.73. The van der Waals surface area contributed by atoms with Gasteiger partial charge in [0.2, 0.25) is 5.79 Å². The summed E-state index contributed by atoms with van der Waals surface area (Å²) in [4.78, 5) is 21.5. The first kappa shape index (κ1) is 32.3. The number of hydrogen-bond donors (Lipinski definition) is 0. The average Bonchev–Trinajstić information content (AvgIpc) is 3.86. The summed E-state index contributed by atoms with van der Waals surface area (Å²) in [7, 11) is 0. The van der Waals surface area contributed by atoms with Gasteiger partial charge in [-0.05, 0) is 67.1 Å². The molecule has 13 heteroatoms. The molecule has 48 heavy (non-hydrogen) atoms. The summed E-state index contributed by atoms with van der Waals surface area (Å²) in [5, 5.41) is 5.24. The second-order valence-corrected chi connectivity index (χ2v) is 12.8. The number of anilines is 2. The topological polar surface area (TPSA) is 91.8 Å². The van der Waals surface area contributed by atoms with E-state index in [1.54, 1.807) is 35.6 Å². The zero-order chi connectivity index (χ0) is 33.1. The van der Waals surface area contributed by atoms with Crippen LogP contribution in [0, 0.1) is 0 Å². The molecule has 0 saturated carbocycles. The van der Waals surface area contributed by atoms with Crippen LogP contribution < -0.4 is 20.2 Å². The highest BCUT2D eigenvalue weighted by Gasteiger charge is 2.45. The van der Waals surface area contributed by atoms with E-state index < -0.39 is 5.79 Å². The molecule has 2 saturated heterocycles. The lowest BCUT2D eigenvalue weighted by Gasteiger charge is -2.37. The Balaban J connectivity index is 0.925. The molecule has 0 aliphatic carbocycles. The van der Waals surface area contributed by atoms with E-state index in [0.29, 0.717) is 41.9 Å². The zero-order valence-corrected chi connectivity index (χ0v) is 28.1. The van der Waals surface area contributed by atoms with Crippen LogP contribution in [-0.2, 0) is 28.4 Å². The Kier molecular flexibility index (Phi) is 9.45. The number of imidazole rings is 1. The molecule has 0 unspecified atom stereocenters. The van der Waals surface area contributed by atoms with Crippen LogP contribution in [-0.4, -0.2) is 69.4 Å². The van der Waals surface area contributed by atoms with E-state index in [4.69, 9.17) is 37.4 Å². The number of benzene rings is 3. The van der Waals surface area contributed by atoms with Crippen molar-refractivity contribution in [2.75, 3.05) is 49.2 Å². The molecule has 2 atom stereocenters. The van der Waals surface area contributed by atoms with E-state index in [9.17, 15) is 4.79 Å². The Bertz CT molecular complexity index is 1870. The van der Waals surface area contributed by atoms with E-state index in [-0.39, 0.29) is 11.8 Å². The standard InChI is InChI=1S/C35H37Cl2N7O4/c1-2-14-44-34(45)43(25-39-44)29-6-4-27(5-7-29)41-16-18-42(19-17-41)28-8-10-30(11-9-28)46-21-31-22-47-35(48-31,23-40-15-13-38-24-40)32-12-3-26(36)20-33(32)37/h3-13,15,20,24-25,31H,2,14,16-19,21-23H2,1H3/t31-,35-/m1/s1. The van der Waals surface area contributed by atoms with Crippen molar-refractivity contribution in [3.05, 3.63) is 118 Å². The number of aryl methyl sites for hydroxylation is 1. The Hall–Kier alpha value is -4.29. The quantitative estimate of drug-likeness (QED) is 0.177. The second kappa shape index (κ2) is 14.1. The van der Waals surface area contributed by atoms with Gasteiger partial charge in [-0.25, -0.2) is 19.0 Å². The zero-order valence-electron chi connectivity index (χ0n) is 26.6. The molecular formula is C35H37Cl2N7O4. The van der Waals surface area contributed by atoms with Gasteiger partial charge < -0.3 is 28.6 Å². The van der Waals surface area contributed by atoms with Gasteiger partial charge in [0.15, 0.2) is 0 Å². The van der Waals surface area contributed by atoms with Crippen LogP contribution in [0.2, 0.25) is 10.0 Å². The van der Waals surface area contributed by atoms with E-state index in [2.05, 4.69) is 44.1 Å². The highest BCUT2D eigenvalue weighted by Crippen LogP contribution is 2.40. The highest BCUT2D eigenvalue weighted by molar-refractivity contribution is 6.35. The van der Waals surface area contributed by atoms with Gasteiger partial charge in [-0.15, -0.1) is 0 Å². The van der Waals surface area contributed by atoms with Crippen molar-refractivity contribution in [3.8, 4) is 11.4 Å². The third-order valence-corrected chi connectivity index (χ3v) is 9.28. The van der Waals surface area contributed by atoms with Crippen molar-refractivity contribution in [3.63, 3.8) is 0 Å². The first-order chi connectivity index (χ1) is 23.4. The molecule has 11 nitrogen and oxygen atoms in total. The fourth-order valence-corrected chi connectivity index (χ4v) is 6.80. The van der Waals surface area contributed by atoms with E-state index >= 15 is 0 Å². The molecule has 2 fully saturated rings. The molecule has 5 aromatic rings. The molecule has 0 N–H and O–H groups in total. The summed E-state index contributed by atoms with van der Waals surface area (Å²) in [5.74, 6) is -0.334. The summed E-state index contributed by atoms with van der Waals surface area (Å²) in [6, 6.07) is 21.6. The molecule has 0 radical (unpaired) electrons. The molecule has 250 valence electrons. The van der Waals surface area contributed by atoms with Crippen LogP contribution in [0.3, 0.4) is 0 Å². The van der Waals surface area contributed by atoms with E-state index in [0.717, 1.165) is 55.4 Å². The fourth-order valence-electron chi connectivity index (χ4n) is 6.24. The van der Waals surface area contributed by atoms with E-state index in [1.165, 1.54) is 4.68 Å². The van der Waals surface area contributed by atoms with Crippen molar-refractivity contribution < 1.29 is 14.2 Å². The van der Waals surface area contributed by atoms with E-state index in [1.807, 2.05) is 48.0 Å². The van der Waals surface area contributed by atoms with Gasteiger partial charge in [-0.3, -0.25) is 0 Å².